The second-order valence-electron chi connectivity index (χ2n) is 6.83. The van der Waals surface area contributed by atoms with Crippen LogP contribution in [0.2, 0.25) is 5.02 Å². The van der Waals surface area contributed by atoms with Gasteiger partial charge in [0.2, 0.25) is 0 Å². The van der Waals surface area contributed by atoms with E-state index in [0.29, 0.717) is 40.2 Å². The third kappa shape index (κ3) is 5.02. The van der Waals surface area contributed by atoms with Crippen molar-refractivity contribution in [3.8, 4) is 11.5 Å². The Morgan fingerprint density at radius 2 is 1.80 bits per heavy atom. The predicted molar refractivity (Wildman–Crippen MR) is 122 cm³/mol. The maximum absolute atomic E-state index is 8.35. The third-order valence-electron chi connectivity index (χ3n) is 4.57. The minimum atomic E-state index is 0.389. The van der Waals surface area contributed by atoms with E-state index >= 15 is 0 Å². The fourth-order valence-corrected chi connectivity index (χ4v) is 3.27. The molecule has 2 aromatic rings. The van der Waals surface area contributed by atoms with Crippen LogP contribution in [0.3, 0.4) is 0 Å². The van der Waals surface area contributed by atoms with Crippen LogP contribution < -0.4 is 20.1 Å². The number of hydrogen-bond acceptors (Lipinski definition) is 6. The monoisotopic (exact) mass is 424 g/mol. The number of hydrogen-bond donors (Lipinski definition) is 3. The summed E-state index contributed by atoms with van der Waals surface area (Å²) in [4.78, 5) is 4.63. The molecule has 0 radical (unpaired) electrons. The van der Waals surface area contributed by atoms with Crippen LogP contribution in [0.4, 0.5) is 0 Å². The number of rotatable bonds is 7. The first-order valence-electron chi connectivity index (χ1n) is 9.45. The summed E-state index contributed by atoms with van der Waals surface area (Å²) in [6.45, 7) is 4.30. The van der Waals surface area contributed by atoms with Crippen molar-refractivity contribution in [2.75, 3.05) is 14.2 Å². The fourth-order valence-electron chi connectivity index (χ4n) is 3.14. The molecule has 0 unspecified atom stereocenters. The van der Waals surface area contributed by atoms with Gasteiger partial charge in [0.15, 0.2) is 11.5 Å². The van der Waals surface area contributed by atoms with Gasteiger partial charge in [0, 0.05) is 28.6 Å². The SMILES string of the molecule is COc1ccc(/C(C(C)=N)=C2\N=C(C)C=C(NCc3ccc(Cl)cc3)N2)cc1OC. The van der Waals surface area contributed by atoms with Gasteiger partial charge in [-0.15, -0.1) is 0 Å². The van der Waals surface area contributed by atoms with Gasteiger partial charge in [-0.2, -0.15) is 0 Å². The minimum absolute atomic E-state index is 0.389. The number of ether oxygens (including phenoxy) is 2. The van der Waals surface area contributed by atoms with E-state index in [2.05, 4.69) is 15.6 Å². The van der Waals surface area contributed by atoms with E-state index in [0.717, 1.165) is 22.7 Å². The Kier molecular flexibility index (Phi) is 6.79. The molecule has 30 heavy (non-hydrogen) atoms. The van der Waals surface area contributed by atoms with E-state index in [1.165, 1.54) is 0 Å². The molecule has 1 heterocycles. The summed E-state index contributed by atoms with van der Waals surface area (Å²) in [6.07, 6.45) is 1.94. The molecule has 1 aliphatic rings. The van der Waals surface area contributed by atoms with E-state index in [4.69, 9.17) is 26.5 Å². The number of allylic oxidation sites excluding steroid dienone is 2. The molecular formula is C23H25ClN4O2. The normalized spacial score (nSPS) is 14.8. The Labute approximate surface area is 181 Å². The zero-order valence-corrected chi connectivity index (χ0v) is 18.2. The average molecular weight is 425 g/mol. The molecule has 0 saturated carbocycles. The van der Waals surface area contributed by atoms with Crippen molar-refractivity contribution in [2.45, 2.75) is 20.4 Å². The number of benzene rings is 2. The largest absolute Gasteiger partial charge is 0.493 e. The third-order valence-corrected chi connectivity index (χ3v) is 4.83. The summed E-state index contributed by atoms with van der Waals surface area (Å²) in [6, 6.07) is 13.3. The molecule has 156 valence electrons. The van der Waals surface area contributed by atoms with Gasteiger partial charge in [0.05, 0.1) is 14.2 Å². The topological polar surface area (TPSA) is 78.7 Å². The number of aliphatic imine (C=N–C) groups is 1. The van der Waals surface area contributed by atoms with Gasteiger partial charge in [-0.05, 0) is 55.3 Å². The average Bonchev–Trinajstić information content (AvgIpc) is 2.72. The van der Waals surface area contributed by atoms with Crippen molar-refractivity contribution in [3.63, 3.8) is 0 Å². The Balaban J connectivity index is 1.90. The number of nitrogens with zero attached hydrogens (tertiary/aromatic N) is 1. The molecule has 0 atom stereocenters. The molecule has 6 nitrogen and oxygen atoms in total. The first-order valence-corrected chi connectivity index (χ1v) is 9.83. The van der Waals surface area contributed by atoms with Gasteiger partial charge in [-0.3, -0.25) is 0 Å². The van der Waals surface area contributed by atoms with E-state index < -0.39 is 0 Å². The predicted octanol–water partition coefficient (Wildman–Crippen LogP) is 4.76. The first kappa shape index (κ1) is 21.5. The molecule has 0 amide bonds. The lowest BCUT2D eigenvalue weighted by Crippen LogP contribution is -2.30. The lowest BCUT2D eigenvalue weighted by Gasteiger charge is -2.21. The Morgan fingerprint density at radius 3 is 2.43 bits per heavy atom. The zero-order chi connectivity index (χ0) is 21.7. The van der Waals surface area contributed by atoms with E-state index in [1.54, 1.807) is 21.1 Å². The molecule has 3 rings (SSSR count). The van der Waals surface area contributed by atoms with E-state index in [-0.39, 0.29) is 0 Å². The Hall–Kier alpha value is -3.25. The highest BCUT2D eigenvalue weighted by Crippen LogP contribution is 2.32. The van der Waals surface area contributed by atoms with Gasteiger partial charge in [0.25, 0.3) is 0 Å². The summed E-state index contributed by atoms with van der Waals surface area (Å²) < 4.78 is 10.8. The van der Waals surface area contributed by atoms with Gasteiger partial charge in [-0.1, -0.05) is 29.8 Å². The van der Waals surface area contributed by atoms with Crippen LogP contribution in [-0.4, -0.2) is 25.6 Å². The Bertz CT molecular complexity index is 1040. The smallest absolute Gasteiger partial charge is 0.161 e. The van der Waals surface area contributed by atoms with Crippen molar-refractivity contribution in [1.29, 1.82) is 5.41 Å². The molecule has 1 aliphatic heterocycles. The van der Waals surface area contributed by atoms with Crippen LogP contribution in [0, 0.1) is 5.41 Å². The second kappa shape index (κ2) is 9.50. The van der Waals surface area contributed by atoms with Crippen LogP contribution in [-0.2, 0) is 6.54 Å². The van der Waals surface area contributed by atoms with Crippen LogP contribution in [0.15, 0.2) is 65.2 Å². The number of nitrogens with one attached hydrogen (secondary N) is 3. The van der Waals surface area contributed by atoms with E-state index in [9.17, 15) is 0 Å². The summed E-state index contributed by atoms with van der Waals surface area (Å²) in [5.74, 6) is 2.65. The molecule has 0 spiro atoms. The molecule has 0 bridgehead atoms. The number of halogens is 1. The highest BCUT2D eigenvalue weighted by atomic mass is 35.5. The number of methoxy groups -OCH3 is 2. The molecule has 7 heteroatoms. The fraction of sp³-hybridized carbons (Fsp3) is 0.217. The van der Waals surface area contributed by atoms with E-state index in [1.807, 2.05) is 55.5 Å². The maximum Gasteiger partial charge on any atom is 0.161 e. The summed E-state index contributed by atoms with van der Waals surface area (Å²) in [7, 11) is 3.19. The van der Waals surface area contributed by atoms with Crippen molar-refractivity contribution in [2.24, 2.45) is 4.99 Å². The highest BCUT2D eigenvalue weighted by Gasteiger charge is 2.18. The maximum atomic E-state index is 8.35. The first-order chi connectivity index (χ1) is 14.4. The summed E-state index contributed by atoms with van der Waals surface area (Å²) in [5.41, 5.74) is 3.84. The van der Waals surface area contributed by atoms with Crippen molar-refractivity contribution >= 4 is 28.6 Å². The second-order valence-corrected chi connectivity index (χ2v) is 7.27. The van der Waals surface area contributed by atoms with Crippen molar-refractivity contribution in [3.05, 3.63) is 76.3 Å². The molecule has 2 aromatic carbocycles. The standard InChI is InChI=1S/C23H25ClN4O2/c1-14-11-21(26-13-16-5-8-18(24)9-6-16)28-23(27-14)22(15(2)25)17-7-10-19(29-3)20(12-17)30-4/h5-12,25-26,28H,13H2,1-4H3/b23-22+,25-15?. The van der Waals surface area contributed by atoms with Crippen LogP contribution in [0.25, 0.3) is 5.57 Å². The molecular weight excluding hydrogens is 400 g/mol. The lowest BCUT2D eigenvalue weighted by atomic mass is 10.0. The molecule has 0 fully saturated rings. The Morgan fingerprint density at radius 1 is 1.10 bits per heavy atom. The zero-order valence-electron chi connectivity index (χ0n) is 17.5. The van der Waals surface area contributed by atoms with Gasteiger partial charge >= 0.3 is 0 Å². The minimum Gasteiger partial charge on any atom is -0.493 e. The molecule has 0 aliphatic carbocycles. The van der Waals surface area contributed by atoms with Gasteiger partial charge in [-0.25, -0.2) is 4.99 Å². The lowest BCUT2D eigenvalue weighted by molar-refractivity contribution is 0.355. The van der Waals surface area contributed by atoms with Crippen LogP contribution >= 0.6 is 11.6 Å². The molecule has 3 N–H and O–H groups in total. The van der Waals surface area contributed by atoms with Gasteiger partial charge in [0.1, 0.15) is 11.6 Å². The van der Waals surface area contributed by atoms with Crippen molar-refractivity contribution in [1.82, 2.24) is 10.6 Å². The van der Waals surface area contributed by atoms with Crippen LogP contribution in [0.1, 0.15) is 25.0 Å². The van der Waals surface area contributed by atoms with Gasteiger partial charge < -0.3 is 25.5 Å². The molecule has 0 aromatic heterocycles. The summed E-state index contributed by atoms with van der Waals surface area (Å²) >= 11 is 5.96. The van der Waals surface area contributed by atoms with Crippen LogP contribution in [0.5, 0.6) is 11.5 Å². The molecule has 0 saturated heterocycles. The summed E-state index contributed by atoms with van der Waals surface area (Å²) in [5, 5.41) is 15.8. The quantitative estimate of drug-likeness (QED) is 0.560. The van der Waals surface area contributed by atoms with Crippen molar-refractivity contribution < 1.29 is 9.47 Å². The highest BCUT2D eigenvalue weighted by molar-refractivity contribution is 6.30.